The second-order valence-corrected chi connectivity index (χ2v) is 5.51. The third-order valence-electron chi connectivity index (χ3n) is 3.36. The van der Waals surface area contributed by atoms with E-state index in [-0.39, 0.29) is 17.8 Å². The maximum absolute atomic E-state index is 12.3. The van der Waals surface area contributed by atoms with E-state index in [9.17, 15) is 9.59 Å². The number of ether oxygens (including phenoxy) is 1. The predicted octanol–water partition coefficient (Wildman–Crippen LogP) is 2.26. The zero-order valence-corrected chi connectivity index (χ0v) is 12.9. The van der Waals surface area contributed by atoms with Gasteiger partial charge in [0.2, 0.25) is 0 Å². The Morgan fingerprint density at radius 3 is 2.75 bits per heavy atom. The molecule has 0 bridgehead atoms. The van der Waals surface area contributed by atoms with Crippen molar-refractivity contribution in [3.05, 3.63) is 28.5 Å². The first kappa shape index (κ1) is 15.0. The molecule has 0 aliphatic carbocycles. The van der Waals surface area contributed by atoms with Crippen LogP contribution < -0.4 is 0 Å². The molecule has 1 aliphatic rings. The van der Waals surface area contributed by atoms with Crippen LogP contribution in [0.4, 0.5) is 0 Å². The Balaban J connectivity index is 1.96. The van der Waals surface area contributed by atoms with Crippen molar-refractivity contribution in [3.63, 3.8) is 0 Å². The van der Waals surface area contributed by atoms with E-state index >= 15 is 0 Å². The van der Waals surface area contributed by atoms with Gasteiger partial charge in [0.25, 0.3) is 5.91 Å². The van der Waals surface area contributed by atoms with Crippen LogP contribution >= 0.6 is 15.9 Å². The van der Waals surface area contributed by atoms with E-state index in [1.54, 1.807) is 30.2 Å². The molecule has 20 heavy (non-hydrogen) atoms. The van der Waals surface area contributed by atoms with Gasteiger partial charge in [-0.3, -0.25) is 9.59 Å². The minimum Gasteiger partial charge on any atom is -0.466 e. The SMILES string of the molecule is CCOC(=O)C1CCN(C(=O)c2ncccc2Br)CC1. The van der Waals surface area contributed by atoms with Crippen molar-refractivity contribution in [2.45, 2.75) is 19.8 Å². The normalized spacial score (nSPS) is 16.0. The highest BCUT2D eigenvalue weighted by atomic mass is 79.9. The Hall–Kier alpha value is -1.43. The number of esters is 1. The lowest BCUT2D eigenvalue weighted by Crippen LogP contribution is -2.41. The summed E-state index contributed by atoms with van der Waals surface area (Å²) in [7, 11) is 0. The van der Waals surface area contributed by atoms with E-state index in [0.29, 0.717) is 42.7 Å². The van der Waals surface area contributed by atoms with Crippen molar-refractivity contribution in [2.75, 3.05) is 19.7 Å². The Bertz CT molecular complexity index is 499. The van der Waals surface area contributed by atoms with Gasteiger partial charge < -0.3 is 9.64 Å². The maximum Gasteiger partial charge on any atom is 0.309 e. The van der Waals surface area contributed by atoms with Crippen LogP contribution in [0.2, 0.25) is 0 Å². The van der Waals surface area contributed by atoms with E-state index in [0.717, 1.165) is 0 Å². The fourth-order valence-corrected chi connectivity index (χ4v) is 2.70. The molecule has 1 aliphatic heterocycles. The number of hydrogen-bond acceptors (Lipinski definition) is 4. The van der Waals surface area contributed by atoms with Crippen molar-refractivity contribution in [1.29, 1.82) is 0 Å². The van der Waals surface area contributed by atoms with Gasteiger partial charge >= 0.3 is 5.97 Å². The topological polar surface area (TPSA) is 59.5 Å². The Morgan fingerprint density at radius 2 is 2.15 bits per heavy atom. The molecule has 0 atom stereocenters. The number of carbonyl (C=O) groups is 2. The Kier molecular flexibility index (Phi) is 5.11. The minimum absolute atomic E-state index is 0.0915. The molecular weight excluding hydrogens is 324 g/mol. The Labute approximate surface area is 126 Å². The summed E-state index contributed by atoms with van der Waals surface area (Å²) in [4.78, 5) is 29.8. The number of aromatic nitrogens is 1. The molecule has 1 amide bonds. The van der Waals surface area contributed by atoms with Crippen molar-refractivity contribution in [3.8, 4) is 0 Å². The number of halogens is 1. The average molecular weight is 341 g/mol. The smallest absolute Gasteiger partial charge is 0.309 e. The van der Waals surface area contributed by atoms with Crippen LogP contribution in [0.25, 0.3) is 0 Å². The number of amides is 1. The molecule has 1 aromatic rings. The number of hydrogen-bond donors (Lipinski definition) is 0. The molecule has 0 N–H and O–H groups in total. The van der Waals surface area contributed by atoms with Gasteiger partial charge in [-0.15, -0.1) is 0 Å². The lowest BCUT2D eigenvalue weighted by Gasteiger charge is -2.30. The summed E-state index contributed by atoms with van der Waals surface area (Å²) in [5, 5.41) is 0. The molecule has 0 radical (unpaired) electrons. The molecular formula is C14H17BrN2O3. The average Bonchev–Trinajstić information content (AvgIpc) is 2.47. The number of nitrogens with zero attached hydrogens (tertiary/aromatic N) is 2. The maximum atomic E-state index is 12.3. The molecule has 2 heterocycles. The number of rotatable bonds is 3. The molecule has 1 aromatic heterocycles. The first-order valence-corrected chi connectivity index (χ1v) is 7.49. The van der Waals surface area contributed by atoms with Crippen LogP contribution in [0.5, 0.6) is 0 Å². The van der Waals surface area contributed by atoms with E-state index < -0.39 is 0 Å². The molecule has 0 unspecified atom stereocenters. The van der Waals surface area contributed by atoms with Gasteiger partial charge in [0, 0.05) is 23.8 Å². The number of carbonyl (C=O) groups excluding carboxylic acids is 2. The summed E-state index contributed by atoms with van der Waals surface area (Å²) in [6, 6.07) is 3.57. The van der Waals surface area contributed by atoms with Crippen LogP contribution in [-0.2, 0) is 9.53 Å². The van der Waals surface area contributed by atoms with Gasteiger partial charge in [-0.25, -0.2) is 4.98 Å². The highest BCUT2D eigenvalue weighted by molar-refractivity contribution is 9.10. The van der Waals surface area contributed by atoms with Gasteiger partial charge in [-0.2, -0.15) is 0 Å². The first-order valence-electron chi connectivity index (χ1n) is 6.70. The molecule has 0 saturated carbocycles. The molecule has 0 aromatic carbocycles. The summed E-state index contributed by atoms with van der Waals surface area (Å²) < 4.78 is 5.71. The van der Waals surface area contributed by atoms with Crippen LogP contribution in [0.15, 0.2) is 22.8 Å². The van der Waals surface area contributed by atoms with Gasteiger partial charge in [0.1, 0.15) is 5.69 Å². The fraction of sp³-hybridized carbons (Fsp3) is 0.500. The number of piperidine rings is 1. The third kappa shape index (κ3) is 3.36. The molecule has 0 spiro atoms. The van der Waals surface area contributed by atoms with Gasteiger partial charge in [-0.1, -0.05) is 0 Å². The van der Waals surface area contributed by atoms with Crippen molar-refractivity contribution in [2.24, 2.45) is 5.92 Å². The van der Waals surface area contributed by atoms with E-state index in [2.05, 4.69) is 20.9 Å². The summed E-state index contributed by atoms with van der Waals surface area (Å²) in [5.74, 6) is -0.343. The Morgan fingerprint density at radius 1 is 1.45 bits per heavy atom. The van der Waals surface area contributed by atoms with Crippen molar-refractivity contribution < 1.29 is 14.3 Å². The first-order chi connectivity index (χ1) is 9.63. The zero-order valence-electron chi connectivity index (χ0n) is 11.3. The molecule has 5 nitrogen and oxygen atoms in total. The number of pyridine rings is 1. The van der Waals surface area contributed by atoms with Gasteiger partial charge in [-0.05, 0) is 47.8 Å². The van der Waals surface area contributed by atoms with Crippen LogP contribution in [0.1, 0.15) is 30.3 Å². The quantitative estimate of drug-likeness (QED) is 0.792. The van der Waals surface area contributed by atoms with E-state index in [4.69, 9.17) is 4.74 Å². The molecule has 108 valence electrons. The lowest BCUT2D eigenvalue weighted by atomic mass is 9.97. The standard InChI is InChI=1S/C14H17BrN2O3/c1-2-20-14(19)10-5-8-17(9-6-10)13(18)12-11(15)4-3-7-16-12/h3-4,7,10H,2,5-6,8-9H2,1H3. The highest BCUT2D eigenvalue weighted by Crippen LogP contribution is 2.22. The third-order valence-corrected chi connectivity index (χ3v) is 4.00. The second kappa shape index (κ2) is 6.83. The highest BCUT2D eigenvalue weighted by Gasteiger charge is 2.29. The molecule has 1 fully saturated rings. The van der Waals surface area contributed by atoms with Gasteiger partial charge in [0.15, 0.2) is 0 Å². The van der Waals surface area contributed by atoms with Crippen molar-refractivity contribution >= 4 is 27.8 Å². The van der Waals surface area contributed by atoms with E-state index in [1.807, 2.05) is 0 Å². The second-order valence-electron chi connectivity index (χ2n) is 4.65. The van der Waals surface area contributed by atoms with Crippen LogP contribution in [-0.4, -0.2) is 41.5 Å². The van der Waals surface area contributed by atoms with Crippen LogP contribution in [0, 0.1) is 5.92 Å². The summed E-state index contributed by atoms with van der Waals surface area (Å²) in [6.45, 7) is 3.32. The van der Waals surface area contributed by atoms with Gasteiger partial charge in [0.05, 0.1) is 12.5 Å². The molecule has 1 saturated heterocycles. The predicted molar refractivity (Wildman–Crippen MR) is 77.2 cm³/mol. The summed E-state index contributed by atoms with van der Waals surface area (Å²) in [6.07, 6.45) is 2.90. The molecule has 6 heteroatoms. The lowest BCUT2D eigenvalue weighted by molar-refractivity contribution is -0.149. The molecule has 2 rings (SSSR count). The summed E-state index contributed by atoms with van der Waals surface area (Å²) in [5.41, 5.74) is 0.419. The minimum atomic E-state index is -0.154. The number of likely N-dealkylation sites (tertiary alicyclic amines) is 1. The monoisotopic (exact) mass is 340 g/mol. The van der Waals surface area contributed by atoms with Crippen LogP contribution in [0.3, 0.4) is 0 Å². The summed E-state index contributed by atoms with van der Waals surface area (Å²) >= 11 is 3.34. The fourth-order valence-electron chi connectivity index (χ4n) is 2.27. The van der Waals surface area contributed by atoms with Crippen molar-refractivity contribution in [1.82, 2.24) is 9.88 Å². The van der Waals surface area contributed by atoms with E-state index in [1.165, 1.54) is 0 Å². The zero-order chi connectivity index (χ0) is 14.5. The largest absolute Gasteiger partial charge is 0.466 e.